The van der Waals surface area contributed by atoms with Gasteiger partial charge in [-0.25, -0.2) is 0 Å². The maximum absolute atomic E-state index is 10.7. The molecule has 0 radical (unpaired) electrons. The van der Waals surface area contributed by atoms with E-state index in [2.05, 4.69) is 19.0 Å². The molecular weight excluding hydrogens is 184 g/mol. The third kappa shape index (κ3) is 4.15. The Morgan fingerprint density at radius 1 is 1.38 bits per heavy atom. The molecule has 0 N–H and O–H groups in total. The molecule has 72 valence electrons. The fraction of sp³-hybridized carbons (Fsp3) is 0.444. The van der Waals surface area contributed by atoms with E-state index in [0.717, 1.165) is 21.9 Å². The zero-order valence-corrected chi connectivity index (χ0v) is 8.75. The van der Waals surface area contributed by atoms with Crippen LogP contribution in [0, 0.1) is 5.21 Å². The highest BCUT2D eigenvalue weighted by molar-refractivity contribution is 7.99. The standard InChI is InChI=1S/C9H14N2OS/c1-10(2)7-8-13-9-3-5-11(12)6-4-9/h3-6H,7-8H2,1-2H3. The van der Waals surface area contributed by atoms with Crippen LogP contribution in [-0.2, 0) is 0 Å². The van der Waals surface area contributed by atoms with Gasteiger partial charge >= 0.3 is 0 Å². The Morgan fingerprint density at radius 3 is 2.54 bits per heavy atom. The molecule has 0 fully saturated rings. The quantitative estimate of drug-likeness (QED) is 0.410. The second-order valence-electron chi connectivity index (χ2n) is 3.05. The summed E-state index contributed by atoms with van der Waals surface area (Å²) >= 11 is 1.76. The lowest BCUT2D eigenvalue weighted by molar-refractivity contribution is -0.605. The maximum atomic E-state index is 10.7. The molecule has 0 unspecified atom stereocenters. The predicted octanol–water partition coefficient (Wildman–Crippen LogP) is 0.974. The molecule has 1 aromatic rings. The maximum Gasteiger partial charge on any atom is 0.181 e. The molecule has 0 aliphatic heterocycles. The highest BCUT2D eigenvalue weighted by atomic mass is 32.2. The molecule has 1 heterocycles. The van der Waals surface area contributed by atoms with Crippen molar-refractivity contribution >= 4 is 11.8 Å². The van der Waals surface area contributed by atoms with Gasteiger partial charge in [-0.2, -0.15) is 4.73 Å². The van der Waals surface area contributed by atoms with Gasteiger partial charge in [0.2, 0.25) is 0 Å². The van der Waals surface area contributed by atoms with E-state index < -0.39 is 0 Å². The number of hydrogen-bond donors (Lipinski definition) is 0. The average molecular weight is 198 g/mol. The molecule has 1 aromatic heterocycles. The third-order valence-electron chi connectivity index (χ3n) is 1.58. The Balaban J connectivity index is 2.33. The second-order valence-corrected chi connectivity index (χ2v) is 4.21. The highest BCUT2D eigenvalue weighted by Gasteiger charge is 1.96. The zero-order valence-electron chi connectivity index (χ0n) is 7.93. The second kappa shape index (κ2) is 5.09. The van der Waals surface area contributed by atoms with Crippen molar-refractivity contribution < 1.29 is 4.73 Å². The van der Waals surface area contributed by atoms with E-state index in [4.69, 9.17) is 0 Å². The van der Waals surface area contributed by atoms with Gasteiger partial charge in [-0.3, -0.25) is 0 Å². The summed E-state index contributed by atoms with van der Waals surface area (Å²) in [5.41, 5.74) is 0. The van der Waals surface area contributed by atoms with E-state index in [1.165, 1.54) is 12.4 Å². The van der Waals surface area contributed by atoms with Crippen LogP contribution in [-0.4, -0.2) is 31.3 Å². The van der Waals surface area contributed by atoms with Gasteiger partial charge < -0.3 is 10.1 Å². The summed E-state index contributed by atoms with van der Waals surface area (Å²) in [6.45, 7) is 1.05. The van der Waals surface area contributed by atoms with Crippen LogP contribution in [0.1, 0.15) is 0 Å². The molecule has 0 aromatic carbocycles. The predicted molar refractivity (Wildman–Crippen MR) is 54.7 cm³/mol. The fourth-order valence-corrected chi connectivity index (χ4v) is 1.85. The van der Waals surface area contributed by atoms with Crippen molar-refractivity contribution in [1.29, 1.82) is 0 Å². The van der Waals surface area contributed by atoms with E-state index in [0.29, 0.717) is 0 Å². The van der Waals surface area contributed by atoms with Crippen LogP contribution in [0.3, 0.4) is 0 Å². The van der Waals surface area contributed by atoms with Gasteiger partial charge in [-0.15, -0.1) is 11.8 Å². The molecule has 1 rings (SSSR count). The SMILES string of the molecule is CN(C)CCSc1cc[n+]([O-])cc1. The first-order chi connectivity index (χ1) is 6.18. The normalized spacial score (nSPS) is 10.7. The molecular formula is C9H14N2OS. The number of rotatable bonds is 4. The lowest BCUT2D eigenvalue weighted by atomic mass is 10.5. The molecule has 0 aliphatic rings. The van der Waals surface area contributed by atoms with Crippen LogP contribution in [0.15, 0.2) is 29.4 Å². The smallest absolute Gasteiger partial charge is 0.181 e. The van der Waals surface area contributed by atoms with Crippen molar-refractivity contribution in [3.63, 3.8) is 0 Å². The Kier molecular flexibility index (Phi) is 4.05. The molecule has 0 saturated heterocycles. The van der Waals surface area contributed by atoms with Crippen LogP contribution in [0.2, 0.25) is 0 Å². The summed E-state index contributed by atoms with van der Waals surface area (Å²) in [6, 6.07) is 3.68. The minimum atomic E-state index is 0.802. The summed E-state index contributed by atoms with van der Waals surface area (Å²) in [7, 11) is 4.11. The molecule has 0 atom stereocenters. The van der Waals surface area contributed by atoms with Gasteiger partial charge in [-0.1, -0.05) is 0 Å². The fourth-order valence-electron chi connectivity index (χ4n) is 0.841. The number of nitrogens with zero attached hydrogens (tertiary/aromatic N) is 2. The number of hydrogen-bond acceptors (Lipinski definition) is 3. The molecule has 0 bridgehead atoms. The van der Waals surface area contributed by atoms with E-state index in [1.54, 1.807) is 11.8 Å². The molecule has 13 heavy (non-hydrogen) atoms. The van der Waals surface area contributed by atoms with Gasteiger partial charge in [-0.05, 0) is 14.1 Å². The zero-order chi connectivity index (χ0) is 9.68. The number of pyridine rings is 1. The monoisotopic (exact) mass is 198 g/mol. The lowest BCUT2D eigenvalue weighted by Crippen LogP contribution is -2.23. The summed E-state index contributed by atoms with van der Waals surface area (Å²) in [6.07, 6.45) is 3.05. The van der Waals surface area contributed by atoms with Gasteiger partial charge in [0.15, 0.2) is 12.4 Å². The molecule has 3 nitrogen and oxygen atoms in total. The summed E-state index contributed by atoms with van der Waals surface area (Å²) < 4.78 is 0.802. The van der Waals surface area contributed by atoms with Crippen LogP contribution >= 0.6 is 11.8 Å². The van der Waals surface area contributed by atoms with Gasteiger partial charge in [0.05, 0.1) is 0 Å². The van der Waals surface area contributed by atoms with E-state index in [-0.39, 0.29) is 0 Å². The summed E-state index contributed by atoms with van der Waals surface area (Å²) in [5.74, 6) is 1.05. The van der Waals surface area contributed by atoms with Gasteiger partial charge in [0, 0.05) is 29.3 Å². The van der Waals surface area contributed by atoms with Gasteiger partial charge in [0.1, 0.15) is 0 Å². The largest absolute Gasteiger partial charge is 0.619 e. The van der Waals surface area contributed by atoms with Crippen molar-refractivity contribution in [2.75, 3.05) is 26.4 Å². The third-order valence-corrected chi connectivity index (χ3v) is 2.57. The van der Waals surface area contributed by atoms with Crippen molar-refractivity contribution in [1.82, 2.24) is 4.90 Å². The molecule has 4 heteroatoms. The van der Waals surface area contributed by atoms with Crippen LogP contribution in [0.5, 0.6) is 0 Å². The summed E-state index contributed by atoms with van der Waals surface area (Å²) in [5, 5.41) is 10.7. The Labute approximate surface area is 83.0 Å². The highest BCUT2D eigenvalue weighted by Crippen LogP contribution is 2.14. The van der Waals surface area contributed by atoms with Crippen LogP contribution in [0.25, 0.3) is 0 Å². The minimum Gasteiger partial charge on any atom is -0.619 e. The first kappa shape index (κ1) is 10.3. The molecule has 0 amide bonds. The minimum absolute atomic E-state index is 0.802. The molecule has 0 saturated carbocycles. The van der Waals surface area contributed by atoms with Crippen molar-refractivity contribution in [3.8, 4) is 0 Å². The number of aromatic nitrogens is 1. The Morgan fingerprint density at radius 2 is 2.00 bits per heavy atom. The van der Waals surface area contributed by atoms with Crippen molar-refractivity contribution in [3.05, 3.63) is 29.7 Å². The Hall–Kier alpha value is -0.740. The topological polar surface area (TPSA) is 30.2 Å². The Bertz CT molecular complexity index is 248. The van der Waals surface area contributed by atoms with Crippen molar-refractivity contribution in [2.45, 2.75) is 4.90 Å². The van der Waals surface area contributed by atoms with Crippen LogP contribution < -0.4 is 4.73 Å². The average Bonchev–Trinajstić information content (AvgIpc) is 2.08. The van der Waals surface area contributed by atoms with Gasteiger partial charge in [0.25, 0.3) is 0 Å². The van der Waals surface area contributed by atoms with E-state index in [9.17, 15) is 5.21 Å². The molecule has 0 spiro atoms. The van der Waals surface area contributed by atoms with Crippen LogP contribution in [0.4, 0.5) is 0 Å². The van der Waals surface area contributed by atoms with E-state index >= 15 is 0 Å². The molecule has 0 aliphatic carbocycles. The first-order valence-corrected chi connectivity index (χ1v) is 5.13. The van der Waals surface area contributed by atoms with Crippen molar-refractivity contribution in [2.24, 2.45) is 0 Å². The number of thioether (sulfide) groups is 1. The van der Waals surface area contributed by atoms with E-state index in [1.807, 2.05) is 12.1 Å². The summed E-state index contributed by atoms with van der Waals surface area (Å²) in [4.78, 5) is 3.29. The first-order valence-electron chi connectivity index (χ1n) is 4.15. The lowest BCUT2D eigenvalue weighted by Gasteiger charge is -2.08.